The van der Waals surface area contributed by atoms with Crippen molar-refractivity contribution in [1.29, 1.82) is 0 Å². The van der Waals surface area contributed by atoms with Crippen molar-refractivity contribution in [1.82, 2.24) is 4.90 Å². The summed E-state index contributed by atoms with van der Waals surface area (Å²) in [5.41, 5.74) is 7.37. The van der Waals surface area contributed by atoms with Gasteiger partial charge in [-0.2, -0.15) is 0 Å². The number of carbonyl (C=O) groups is 2. The summed E-state index contributed by atoms with van der Waals surface area (Å²) in [6.07, 6.45) is 0.770. The number of Topliss-reactive ketones (excluding diaryl/α,β-unsaturated/α-hetero) is 1. The normalized spacial score (nSPS) is 10.4. The highest BCUT2D eigenvalue weighted by Gasteiger charge is 2.15. The van der Waals surface area contributed by atoms with Crippen molar-refractivity contribution >= 4 is 23.5 Å². The summed E-state index contributed by atoms with van der Waals surface area (Å²) in [6.45, 7) is 1.77. The Morgan fingerprint density at radius 3 is 2.20 bits per heavy atom. The Hall–Kier alpha value is -2.11. The van der Waals surface area contributed by atoms with Crippen molar-refractivity contribution in [3.63, 3.8) is 0 Å². The van der Waals surface area contributed by atoms with E-state index in [4.69, 9.17) is 5.73 Å². The number of amides is 1. The summed E-state index contributed by atoms with van der Waals surface area (Å²) < 4.78 is 0. The summed E-state index contributed by atoms with van der Waals surface area (Å²) in [4.78, 5) is 26.4. The molecule has 0 aliphatic rings. The van der Waals surface area contributed by atoms with Gasteiger partial charge in [0.2, 0.25) is 5.91 Å². The van der Waals surface area contributed by atoms with Gasteiger partial charge in [-0.15, -0.1) is 11.8 Å². The van der Waals surface area contributed by atoms with E-state index in [-0.39, 0.29) is 11.7 Å². The number of hydrogen-bond donors (Lipinski definition) is 1. The van der Waals surface area contributed by atoms with Gasteiger partial charge in [-0.3, -0.25) is 9.59 Å². The Labute approximate surface area is 153 Å². The lowest BCUT2D eigenvalue weighted by atomic mass is 10.2. The molecule has 0 aromatic heterocycles. The Balaban J connectivity index is 1.85. The molecule has 4 nitrogen and oxygen atoms in total. The van der Waals surface area contributed by atoms with Crippen molar-refractivity contribution in [2.45, 2.75) is 13.0 Å². The lowest BCUT2D eigenvalue weighted by molar-refractivity contribution is -0.129. The lowest BCUT2D eigenvalue weighted by Gasteiger charge is -2.22. The molecule has 0 aliphatic heterocycles. The number of ketones is 1. The number of carbonyl (C=O) groups excluding carboxylic acids is 2. The van der Waals surface area contributed by atoms with Crippen molar-refractivity contribution in [3.05, 3.63) is 71.8 Å². The van der Waals surface area contributed by atoms with E-state index in [1.165, 1.54) is 11.8 Å². The smallest absolute Gasteiger partial charge is 0.232 e. The van der Waals surface area contributed by atoms with Crippen LogP contribution < -0.4 is 5.73 Å². The van der Waals surface area contributed by atoms with E-state index in [1.54, 1.807) is 12.1 Å². The monoisotopic (exact) mass is 356 g/mol. The molecule has 2 rings (SSSR count). The first-order valence-corrected chi connectivity index (χ1v) is 9.54. The Morgan fingerprint density at radius 1 is 0.920 bits per heavy atom. The van der Waals surface area contributed by atoms with Crippen LogP contribution in [0.15, 0.2) is 60.7 Å². The van der Waals surface area contributed by atoms with Crippen LogP contribution in [0.25, 0.3) is 0 Å². The highest BCUT2D eigenvalue weighted by Crippen LogP contribution is 2.11. The van der Waals surface area contributed by atoms with E-state index in [0.717, 1.165) is 12.0 Å². The fraction of sp³-hybridized carbons (Fsp3) is 0.300. The quantitative estimate of drug-likeness (QED) is 0.665. The summed E-state index contributed by atoms with van der Waals surface area (Å²) in [6, 6.07) is 19.1. The van der Waals surface area contributed by atoms with Crippen LogP contribution in [-0.2, 0) is 11.3 Å². The van der Waals surface area contributed by atoms with Crippen LogP contribution in [-0.4, -0.2) is 41.2 Å². The molecule has 2 N–H and O–H groups in total. The first kappa shape index (κ1) is 19.2. The number of thioether (sulfide) groups is 1. The van der Waals surface area contributed by atoms with Gasteiger partial charge in [0, 0.05) is 18.7 Å². The first-order valence-electron chi connectivity index (χ1n) is 8.38. The Kier molecular flexibility index (Phi) is 8.22. The van der Waals surface area contributed by atoms with Gasteiger partial charge in [-0.1, -0.05) is 60.7 Å². The maximum absolute atomic E-state index is 12.5. The predicted molar refractivity (Wildman–Crippen MR) is 104 cm³/mol. The molecule has 1 amide bonds. The van der Waals surface area contributed by atoms with E-state index < -0.39 is 0 Å². The molecule has 0 heterocycles. The fourth-order valence-corrected chi connectivity index (χ4v) is 3.22. The fourth-order valence-electron chi connectivity index (χ4n) is 2.41. The number of hydrogen-bond acceptors (Lipinski definition) is 4. The summed E-state index contributed by atoms with van der Waals surface area (Å²) in [5, 5.41) is 0. The van der Waals surface area contributed by atoms with Crippen LogP contribution >= 0.6 is 11.8 Å². The van der Waals surface area contributed by atoms with E-state index in [2.05, 4.69) is 0 Å². The largest absolute Gasteiger partial charge is 0.338 e. The van der Waals surface area contributed by atoms with Crippen molar-refractivity contribution in [2.75, 3.05) is 24.6 Å². The number of benzene rings is 2. The van der Waals surface area contributed by atoms with E-state index in [1.807, 2.05) is 53.4 Å². The summed E-state index contributed by atoms with van der Waals surface area (Å²) in [7, 11) is 0. The summed E-state index contributed by atoms with van der Waals surface area (Å²) >= 11 is 1.36. The summed E-state index contributed by atoms with van der Waals surface area (Å²) in [5.74, 6) is 0.708. The molecule has 0 atom stereocenters. The van der Waals surface area contributed by atoms with Gasteiger partial charge in [-0.05, 0) is 18.5 Å². The number of rotatable bonds is 10. The van der Waals surface area contributed by atoms with Crippen molar-refractivity contribution in [3.8, 4) is 0 Å². The van der Waals surface area contributed by atoms with Gasteiger partial charge >= 0.3 is 0 Å². The molecule has 2 aromatic carbocycles. The van der Waals surface area contributed by atoms with Crippen LogP contribution in [0.2, 0.25) is 0 Å². The van der Waals surface area contributed by atoms with Gasteiger partial charge in [0.05, 0.1) is 11.5 Å². The standard InChI is InChI=1S/C20H24N2O2S/c21-12-7-13-22(14-17-8-3-1-4-9-17)20(24)16-25-15-19(23)18-10-5-2-6-11-18/h1-6,8-11H,7,12-16,21H2. The second-order valence-corrected chi connectivity index (χ2v) is 6.71. The van der Waals surface area contributed by atoms with Crippen LogP contribution in [0, 0.1) is 0 Å². The zero-order valence-electron chi connectivity index (χ0n) is 14.3. The Bertz CT molecular complexity index is 662. The molecule has 5 heteroatoms. The molecule has 2 aromatic rings. The zero-order valence-corrected chi connectivity index (χ0v) is 15.1. The number of nitrogens with zero attached hydrogens (tertiary/aromatic N) is 1. The second-order valence-electron chi connectivity index (χ2n) is 5.73. The number of nitrogens with two attached hydrogens (primary N) is 1. The maximum atomic E-state index is 12.5. The van der Waals surface area contributed by atoms with Gasteiger partial charge in [-0.25, -0.2) is 0 Å². The van der Waals surface area contributed by atoms with Gasteiger partial charge in [0.15, 0.2) is 5.78 Å². The average Bonchev–Trinajstić information content (AvgIpc) is 2.66. The van der Waals surface area contributed by atoms with E-state index in [9.17, 15) is 9.59 Å². The molecule has 0 fully saturated rings. The molecular weight excluding hydrogens is 332 g/mol. The van der Waals surface area contributed by atoms with Gasteiger partial charge < -0.3 is 10.6 Å². The molecule has 0 saturated heterocycles. The third kappa shape index (κ3) is 6.72. The predicted octanol–water partition coefficient (Wildman–Crippen LogP) is 2.98. The van der Waals surface area contributed by atoms with Crippen LogP contribution in [0.5, 0.6) is 0 Å². The molecule has 25 heavy (non-hydrogen) atoms. The van der Waals surface area contributed by atoms with Crippen LogP contribution in [0.4, 0.5) is 0 Å². The molecule has 0 saturated carbocycles. The minimum absolute atomic E-state index is 0.0446. The SMILES string of the molecule is NCCCN(Cc1ccccc1)C(=O)CSCC(=O)c1ccccc1. The third-order valence-corrected chi connectivity index (χ3v) is 4.67. The maximum Gasteiger partial charge on any atom is 0.232 e. The third-order valence-electron chi connectivity index (χ3n) is 3.76. The minimum atomic E-state index is 0.0446. The molecule has 0 unspecified atom stereocenters. The minimum Gasteiger partial charge on any atom is -0.338 e. The van der Waals surface area contributed by atoms with Crippen LogP contribution in [0.1, 0.15) is 22.3 Å². The molecule has 0 radical (unpaired) electrons. The molecule has 0 bridgehead atoms. The van der Waals surface area contributed by atoms with Crippen LogP contribution in [0.3, 0.4) is 0 Å². The average molecular weight is 356 g/mol. The second kappa shape index (κ2) is 10.7. The van der Waals surface area contributed by atoms with E-state index in [0.29, 0.717) is 36.7 Å². The highest BCUT2D eigenvalue weighted by molar-refractivity contribution is 8.00. The molecule has 132 valence electrons. The molecular formula is C20H24N2O2S. The van der Waals surface area contributed by atoms with E-state index >= 15 is 0 Å². The topological polar surface area (TPSA) is 63.4 Å². The molecule has 0 spiro atoms. The van der Waals surface area contributed by atoms with Gasteiger partial charge in [0.25, 0.3) is 0 Å². The Morgan fingerprint density at radius 2 is 1.56 bits per heavy atom. The zero-order chi connectivity index (χ0) is 17.9. The molecule has 0 aliphatic carbocycles. The van der Waals surface area contributed by atoms with Gasteiger partial charge in [0.1, 0.15) is 0 Å². The lowest BCUT2D eigenvalue weighted by Crippen LogP contribution is -2.34. The van der Waals surface area contributed by atoms with Crippen molar-refractivity contribution < 1.29 is 9.59 Å². The first-order chi connectivity index (χ1) is 12.2. The van der Waals surface area contributed by atoms with Crippen molar-refractivity contribution in [2.24, 2.45) is 5.73 Å². The highest BCUT2D eigenvalue weighted by atomic mass is 32.2.